The van der Waals surface area contributed by atoms with Gasteiger partial charge in [-0.3, -0.25) is 9.79 Å². The Hall–Kier alpha value is -3.21. The number of hydrogen-bond donors (Lipinski definition) is 3. The summed E-state index contributed by atoms with van der Waals surface area (Å²) in [7, 11) is 3.32. The first kappa shape index (κ1) is 26.0. The van der Waals surface area contributed by atoms with Crippen molar-refractivity contribution in [2.75, 3.05) is 20.6 Å². The van der Waals surface area contributed by atoms with Crippen molar-refractivity contribution in [2.45, 2.75) is 13.0 Å². The Morgan fingerprint density at radius 3 is 2.58 bits per heavy atom. The zero-order valence-electron chi connectivity index (χ0n) is 18.5. The van der Waals surface area contributed by atoms with Crippen LogP contribution < -0.4 is 20.7 Å². The first-order valence-corrected chi connectivity index (χ1v) is 10.2. The lowest BCUT2D eigenvalue weighted by Gasteiger charge is -2.13. The maximum Gasteiger partial charge on any atom is 0.251 e. The maximum absolute atomic E-state index is 13.0. The Kier molecular flexibility index (Phi) is 10.5. The highest BCUT2D eigenvalue weighted by atomic mass is 127. The third-order valence-corrected chi connectivity index (χ3v) is 4.64. The molecule has 0 radical (unpaired) electrons. The molecule has 1 amide bonds. The molecule has 33 heavy (non-hydrogen) atoms. The molecule has 3 aromatic rings. The molecule has 7 nitrogen and oxygen atoms in total. The molecule has 1 heterocycles. The van der Waals surface area contributed by atoms with E-state index >= 15 is 0 Å². The number of carbonyl (C=O) groups is 1. The molecule has 0 aliphatic heterocycles. The highest BCUT2D eigenvalue weighted by Gasteiger charge is 2.05. The van der Waals surface area contributed by atoms with E-state index in [0.717, 1.165) is 17.5 Å². The van der Waals surface area contributed by atoms with Gasteiger partial charge in [0.1, 0.15) is 11.6 Å². The predicted molar refractivity (Wildman–Crippen MR) is 138 cm³/mol. The van der Waals surface area contributed by atoms with E-state index in [1.807, 2.05) is 30.3 Å². The number of rotatable bonds is 8. The van der Waals surface area contributed by atoms with E-state index in [1.165, 1.54) is 12.1 Å². The smallest absolute Gasteiger partial charge is 0.251 e. The Labute approximate surface area is 209 Å². The molecule has 0 saturated heterocycles. The molecule has 174 valence electrons. The summed E-state index contributed by atoms with van der Waals surface area (Å²) in [4.78, 5) is 20.2. The number of ether oxygens (including phenoxy) is 1. The normalized spacial score (nSPS) is 10.7. The van der Waals surface area contributed by atoms with Gasteiger partial charge in [0.05, 0.1) is 0 Å². The van der Waals surface area contributed by atoms with Crippen LogP contribution in [0, 0.1) is 5.82 Å². The number of amides is 1. The topological polar surface area (TPSA) is 87.6 Å². The lowest BCUT2D eigenvalue weighted by molar-refractivity contribution is 0.0963. The molecule has 2 aromatic carbocycles. The summed E-state index contributed by atoms with van der Waals surface area (Å²) in [5, 5.41) is 9.15. The number of halogens is 2. The highest BCUT2D eigenvalue weighted by molar-refractivity contribution is 14.0. The second kappa shape index (κ2) is 13.4. The van der Waals surface area contributed by atoms with Gasteiger partial charge in [-0.25, -0.2) is 9.37 Å². The highest BCUT2D eigenvalue weighted by Crippen LogP contribution is 2.20. The molecule has 0 saturated carbocycles. The van der Waals surface area contributed by atoms with E-state index in [4.69, 9.17) is 4.74 Å². The summed E-state index contributed by atoms with van der Waals surface area (Å²) >= 11 is 0. The Morgan fingerprint density at radius 1 is 1.06 bits per heavy atom. The minimum absolute atomic E-state index is 0. The molecular formula is C24H27FIN5O2. The summed E-state index contributed by atoms with van der Waals surface area (Å²) in [6.07, 6.45) is 2.40. The van der Waals surface area contributed by atoms with Gasteiger partial charge in [-0.1, -0.05) is 12.1 Å². The van der Waals surface area contributed by atoms with Gasteiger partial charge in [0.25, 0.3) is 5.91 Å². The minimum Gasteiger partial charge on any atom is -0.439 e. The molecule has 0 spiro atoms. The fourth-order valence-electron chi connectivity index (χ4n) is 2.98. The van der Waals surface area contributed by atoms with Gasteiger partial charge < -0.3 is 20.7 Å². The first-order valence-electron chi connectivity index (χ1n) is 10.2. The summed E-state index contributed by atoms with van der Waals surface area (Å²) in [6.45, 7) is 1.18. The van der Waals surface area contributed by atoms with Crippen molar-refractivity contribution < 1.29 is 13.9 Å². The van der Waals surface area contributed by atoms with Crippen LogP contribution in [0.3, 0.4) is 0 Å². The lowest BCUT2D eigenvalue weighted by Crippen LogP contribution is -2.37. The monoisotopic (exact) mass is 563 g/mol. The summed E-state index contributed by atoms with van der Waals surface area (Å²) < 4.78 is 18.7. The SMILES string of the molecule is CN=C(NCCc1cccc(C(=O)NC)c1)NCc1ccnc(Oc2ccc(F)cc2)c1.I. The summed E-state index contributed by atoms with van der Waals surface area (Å²) in [6, 6.07) is 17.0. The third-order valence-electron chi connectivity index (χ3n) is 4.64. The zero-order valence-corrected chi connectivity index (χ0v) is 20.8. The zero-order chi connectivity index (χ0) is 22.8. The van der Waals surface area contributed by atoms with Crippen molar-refractivity contribution in [1.29, 1.82) is 0 Å². The van der Waals surface area contributed by atoms with Crippen LogP contribution in [0.2, 0.25) is 0 Å². The van der Waals surface area contributed by atoms with Crippen LogP contribution in [0.1, 0.15) is 21.5 Å². The summed E-state index contributed by atoms with van der Waals surface area (Å²) in [5.74, 6) is 1.18. The molecule has 1 aromatic heterocycles. The average molecular weight is 563 g/mol. The Bertz CT molecular complexity index is 1080. The second-order valence-corrected chi connectivity index (χ2v) is 6.94. The fraction of sp³-hybridized carbons (Fsp3) is 0.208. The molecule has 3 rings (SSSR count). The molecule has 0 bridgehead atoms. The van der Waals surface area contributed by atoms with E-state index in [1.54, 1.807) is 38.5 Å². The van der Waals surface area contributed by atoms with Crippen LogP contribution >= 0.6 is 24.0 Å². The lowest BCUT2D eigenvalue weighted by atomic mass is 10.1. The van der Waals surface area contributed by atoms with Crippen LogP contribution in [-0.4, -0.2) is 37.5 Å². The van der Waals surface area contributed by atoms with Crippen LogP contribution in [0.25, 0.3) is 0 Å². The van der Waals surface area contributed by atoms with Crippen molar-refractivity contribution in [2.24, 2.45) is 4.99 Å². The van der Waals surface area contributed by atoms with Crippen molar-refractivity contribution in [3.63, 3.8) is 0 Å². The number of hydrogen-bond acceptors (Lipinski definition) is 4. The van der Waals surface area contributed by atoms with Gasteiger partial charge in [-0.15, -0.1) is 24.0 Å². The Balaban J connectivity index is 0.00000385. The van der Waals surface area contributed by atoms with E-state index in [9.17, 15) is 9.18 Å². The molecule has 0 fully saturated rings. The fourth-order valence-corrected chi connectivity index (χ4v) is 2.98. The number of aromatic nitrogens is 1. The van der Waals surface area contributed by atoms with E-state index < -0.39 is 0 Å². The van der Waals surface area contributed by atoms with Gasteiger partial charge in [0.15, 0.2) is 5.96 Å². The molecule has 9 heteroatoms. The average Bonchev–Trinajstić information content (AvgIpc) is 2.82. The number of nitrogens with zero attached hydrogens (tertiary/aromatic N) is 2. The van der Waals surface area contributed by atoms with Gasteiger partial charge >= 0.3 is 0 Å². The number of nitrogens with one attached hydrogen (secondary N) is 3. The van der Waals surface area contributed by atoms with Crippen LogP contribution in [0.5, 0.6) is 11.6 Å². The molecule has 0 aliphatic carbocycles. The molecular weight excluding hydrogens is 536 g/mol. The number of aliphatic imine (C=N–C) groups is 1. The quantitative estimate of drug-likeness (QED) is 0.220. The van der Waals surface area contributed by atoms with E-state index in [2.05, 4.69) is 25.9 Å². The van der Waals surface area contributed by atoms with Gasteiger partial charge in [-0.2, -0.15) is 0 Å². The van der Waals surface area contributed by atoms with Crippen LogP contribution in [0.15, 0.2) is 71.9 Å². The van der Waals surface area contributed by atoms with E-state index in [-0.39, 0.29) is 35.7 Å². The third kappa shape index (κ3) is 8.33. The van der Waals surface area contributed by atoms with Crippen molar-refractivity contribution in [3.8, 4) is 11.6 Å². The van der Waals surface area contributed by atoms with E-state index in [0.29, 0.717) is 36.2 Å². The molecule has 0 unspecified atom stereocenters. The van der Waals surface area contributed by atoms with Crippen LogP contribution in [-0.2, 0) is 13.0 Å². The molecule has 3 N–H and O–H groups in total. The van der Waals surface area contributed by atoms with Crippen LogP contribution in [0.4, 0.5) is 4.39 Å². The number of guanidine groups is 1. The predicted octanol–water partition coefficient (Wildman–Crippen LogP) is 3.90. The van der Waals surface area contributed by atoms with Crippen molar-refractivity contribution in [3.05, 3.63) is 89.4 Å². The number of pyridine rings is 1. The maximum atomic E-state index is 13.0. The Morgan fingerprint density at radius 2 is 1.85 bits per heavy atom. The largest absolute Gasteiger partial charge is 0.439 e. The standard InChI is InChI=1S/C24H26FN5O2.HI/c1-26-23(31)19-5-3-4-17(14-19)10-13-29-24(27-2)30-16-18-11-12-28-22(15-18)32-21-8-6-20(25)7-9-21;/h3-9,11-12,14-15H,10,13,16H2,1-2H3,(H,26,31)(H2,27,29,30);1H. The second-order valence-electron chi connectivity index (χ2n) is 6.94. The number of carbonyl (C=O) groups excluding carboxylic acids is 1. The molecule has 0 aliphatic rings. The molecule has 0 atom stereocenters. The van der Waals surface area contributed by atoms with Gasteiger partial charge in [-0.05, 0) is 60.0 Å². The van der Waals surface area contributed by atoms with Crippen molar-refractivity contribution >= 4 is 35.8 Å². The summed E-state index contributed by atoms with van der Waals surface area (Å²) in [5.41, 5.74) is 2.66. The van der Waals surface area contributed by atoms with Gasteiger partial charge in [0.2, 0.25) is 5.88 Å². The minimum atomic E-state index is -0.318. The van der Waals surface area contributed by atoms with Crippen molar-refractivity contribution in [1.82, 2.24) is 20.9 Å². The van der Waals surface area contributed by atoms with Gasteiger partial charge in [0, 0.05) is 45.0 Å². The first-order chi connectivity index (χ1) is 15.6. The number of benzene rings is 2.